The molecule has 3 rings (SSSR count). The summed E-state index contributed by atoms with van der Waals surface area (Å²) in [6.45, 7) is 2.22. The second kappa shape index (κ2) is 6.48. The molecular formula is C21H20O. The largest absolute Gasteiger partial charge is 0.497 e. The fourth-order valence-electron chi connectivity index (χ4n) is 2.87. The summed E-state index contributed by atoms with van der Waals surface area (Å²) in [7, 11) is 1.70. The van der Waals surface area contributed by atoms with Gasteiger partial charge in [-0.15, -0.1) is 0 Å². The first kappa shape index (κ1) is 14.4. The van der Waals surface area contributed by atoms with E-state index < -0.39 is 0 Å². The molecule has 110 valence electrons. The zero-order valence-electron chi connectivity index (χ0n) is 13.0. The number of hydrogen-bond donors (Lipinski definition) is 0. The molecule has 0 N–H and O–H groups in total. The molecule has 0 heterocycles. The Hall–Kier alpha value is -2.54. The second-order valence-corrected chi connectivity index (χ2v) is 5.45. The monoisotopic (exact) mass is 288 g/mol. The van der Waals surface area contributed by atoms with Gasteiger partial charge in [0.1, 0.15) is 5.75 Å². The van der Waals surface area contributed by atoms with Crippen molar-refractivity contribution < 1.29 is 4.74 Å². The highest BCUT2D eigenvalue weighted by Crippen LogP contribution is 2.33. The van der Waals surface area contributed by atoms with Gasteiger partial charge in [0, 0.05) is 5.92 Å². The average Bonchev–Trinajstić information content (AvgIpc) is 3.11. The molecule has 0 aromatic heterocycles. The van der Waals surface area contributed by atoms with Crippen molar-refractivity contribution in [1.82, 2.24) is 0 Å². The highest BCUT2D eigenvalue weighted by molar-refractivity contribution is 5.82. The summed E-state index contributed by atoms with van der Waals surface area (Å²) in [5.41, 5.74) is 5.13. The molecule has 0 unspecified atom stereocenters. The minimum atomic E-state index is 0.373. The van der Waals surface area contributed by atoms with Gasteiger partial charge in [-0.25, -0.2) is 0 Å². The molecule has 0 spiro atoms. The van der Waals surface area contributed by atoms with E-state index in [0.29, 0.717) is 5.92 Å². The van der Waals surface area contributed by atoms with Gasteiger partial charge in [0.25, 0.3) is 0 Å². The van der Waals surface area contributed by atoms with E-state index >= 15 is 0 Å². The smallest absolute Gasteiger partial charge is 0.118 e. The second-order valence-electron chi connectivity index (χ2n) is 5.45. The Labute approximate surface area is 132 Å². The van der Waals surface area contributed by atoms with Crippen LogP contribution in [0.15, 0.2) is 84.5 Å². The molecular weight excluding hydrogens is 268 g/mol. The summed E-state index contributed by atoms with van der Waals surface area (Å²) < 4.78 is 5.28. The lowest BCUT2D eigenvalue weighted by molar-refractivity contribution is 0.415. The summed E-state index contributed by atoms with van der Waals surface area (Å²) in [6, 6.07) is 18.9. The maximum Gasteiger partial charge on any atom is 0.118 e. The van der Waals surface area contributed by atoms with E-state index in [-0.39, 0.29) is 0 Å². The topological polar surface area (TPSA) is 9.23 Å². The van der Waals surface area contributed by atoms with Crippen LogP contribution < -0.4 is 4.74 Å². The van der Waals surface area contributed by atoms with Crippen LogP contribution in [-0.2, 0) is 0 Å². The third kappa shape index (κ3) is 2.89. The van der Waals surface area contributed by atoms with E-state index in [4.69, 9.17) is 4.74 Å². The summed E-state index contributed by atoms with van der Waals surface area (Å²) in [5, 5.41) is 0. The van der Waals surface area contributed by atoms with E-state index in [1.165, 1.54) is 22.3 Å². The van der Waals surface area contributed by atoms with Crippen molar-refractivity contribution in [1.29, 1.82) is 0 Å². The van der Waals surface area contributed by atoms with Gasteiger partial charge in [-0.1, -0.05) is 72.3 Å². The number of allylic oxidation sites excluding steroid dienone is 5. The van der Waals surface area contributed by atoms with Crippen LogP contribution in [0.5, 0.6) is 5.75 Å². The van der Waals surface area contributed by atoms with Crippen molar-refractivity contribution >= 4 is 5.57 Å². The normalized spacial score (nSPS) is 15.0. The first-order chi connectivity index (χ1) is 10.8. The molecule has 1 aliphatic rings. The van der Waals surface area contributed by atoms with Gasteiger partial charge in [-0.3, -0.25) is 0 Å². The van der Waals surface area contributed by atoms with E-state index in [9.17, 15) is 0 Å². The number of rotatable bonds is 4. The van der Waals surface area contributed by atoms with Gasteiger partial charge < -0.3 is 4.74 Å². The molecule has 0 fully saturated rings. The third-order valence-corrected chi connectivity index (χ3v) is 4.08. The maximum atomic E-state index is 5.28. The first-order valence-electron chi connectivity index (χ1n) is 7.55. The van der Waals surface area contributed by atoms with Crippen molar-refractivity contribution in [2.45, 2.75) is 6.92 Å². The molecule has 0 radical (unpaired) electrons. The Bertz CT molecular complexity index is 706. The molecule has 22 heavy (non-hydrogen) atoms. The van der Waals surface area contributed by atoms with E-state index in [0.717, 1.165) is 5.75 Å². The highest BCUT2D eigenvalue weighted by Gasteiger charge is 2.15. The molecule has 0 aliphatic heterocycles. The van der Waals surface area contributed by atoms with E-state index in [1.54, 1.807) is 7.11 Å². The van der Waals surface area contributed by atoms with Gasteiger partial charge in [0.05, 0.1) is 7.11 Å². The minimum absolute atomic E-state index is 0.373. The van der Waals surface area contributed by atoms with Crippen LogP contribution in [0.1, 0.15) is 18.1 Å². The molecule has 1 nitrogen and oxygen atoms in total. The lowest BCUT2D eigenvalue weighted by Crippen LogP contribution is -1.99. The minimum Gasteiger partial charge on any atom is -0.497 e. The fourth-order valence-corrected chi connectivity index (χ4v) is 2.87. The molecule has 0 amide bonds. The van der Waals surface area contributed by atoms with Crippen LogP contribution >= 0.6 is 0 Å². The molecule has 0 bridgehead atoms. The van der Waals surface area contributed by atoms with Crippen molar-refractivity contribution in [3.8, 4) is 5.75 Å². The molecule has 2 aromatic carbocycles. The van der Waals surface area contributed by atoms with Gasteiger partial charge in [-0.05, 0) is 35.8 Å². The van der Waals surface area contributed by atoms with Crippen LogP contribution in [0.2, 0.25) is 0 Å². The van der Waals surface area contributed by atoms with E-state index in [2.05, 4.69) is 73.7 Å². The Kier molecular flexibility index (Phi) is 4.24. The van der Waals surface area contributed by atoms with Crippen LogP contribution in [0, 0.1) is 5.92 Å². The predicted octanol–water partition coefficient (Wildman–Crippen LogP) is 5.26. The molecule has 0 saturated carbocycles. The predicted molar refractivity (Wildman–Crippen MR) is 92.9 cm³/mol. The van der Waals surface area contributed by atoms with Crippen LogP contribution in [0.4, 0.5) is 0 Å². The number of methoxy groups -OCH3 is 1. The van der Waals surface area contributed by atoms with Gasteiger partial charge in [0.15, 0.2) is 0 Å². The zero-order chi connectivity index (χ0) is 15.4. The molecule has 1 heteroatoms. The Morgan fingerprint density at radius 1 is 0.818 bits per heavy atom. The first-order valence-corrected chi connectivity index (χ1v) is 7.55. The lowest BCUT2D eigenvalue weighted by Gasteiger charge is -2.17. The average molecular weight is 288 g/mol. The van der Waals surface area contributed by atoms with E-state index in [1.807, 2.05) is 12.1 Å². The Morgan fingerprint density at radius 3 is 2.00 bits per heavy atom. The summed E-state index contributed by atoms with van der Waals surface area (Å²) in [6.07, 6.45) is 8.71. The molecule has 0 saturated heterocycles. The third-order valence-electron chi connectivity index (χ3n) is 4.08. The lowest BCUT2D eigenvalue weighted by atomic mass is 9.88. The Balaban J connectivity index is 2.12. The van der Waals surface area contributed by atoms with Crippen molar-refractivity contribution in [3.63, 3.8) is 0 Å². The van der Waals surface area contributed by atoms with Crippen molar-refractivity contribution in [3.05, 3.63) is 95.6 Å². The van der Waals surface area contributed by atoms with Crippen molar-refractivity contribution in [2.24, 2.45) is 5.92 Å². The van der Waals surface area contributed by atoms with Gasteiger partial charge in [-0.2, -0.15) is 0 Å². The SMILES string of the molecule is COc1ccc(C(=C(C)C2C=CC=C2)c2ccccc2)cc1. The highest BCUT2D eigenvalue weighted by atomic mass is 16.5. The summed E-state index contributed by atoms with van der Waals surface area (Å²) in [5.74, 6) is 1.26. The molecule has 2 aromatic rings. The standard InChI is InChI=1S/C21H20O/c1-16(17-8-6-7-9-17)21(18-10-4-3-5-11-18)19-12-14-20(22-2)15-13-19/h3-15,17H,1-2H3. The number of ether oxygens (including phenoxy) is 1. The molecule has 1 aliphatic carbocycles. The van der Waals surface area contributed by atoms with Crippen LogP contribution in [0.25, 0.3) is 5.57 Å². The Morgan fingerprint density at radius 2 is 1.41 bits per heavy atom. The maximum absolute atomic E-state index is 5.28. The quantitative estimate of drug-likeness (QED) is 0.745. The van der Waals surface area contributed by atoms with Crippen molar-refractivity contribution in [2.75, 3.05) is 7.11 Å². The van der Waals surface area contributed by atoms with Crippen LogP contribution in [-0.4, -0.2) is 7.11 Å². The number of benzene rings is 2. The summed E-state index contributed by atoms with van der Waals surface area (Å²) >= 11 is 0. The van der Waals surface area contributed by atoms with Crippen LogP contribution in [0.3, 0.4) is 0 Å². The molecule has 0 atom stereocenters. The zero-order valence-corrected chi connectivity index (χ0v) is 13.0. The summed E-state index contributed by atoms with van der Waals surface area (Å²) in [4.78, 5) is 0. The fraction of sp³-hybridized carbons (Fsp3) is 0.143. The number of hydrogen-bond acceptors (Lipinski definition) is 1. The van der Waals surface area contributed by atoms with Gasteiger partial charge >= 0.3 is 0 Å². The van der Waals surface area contributed by atoms with Gasteiger partial charge in [0.2, 0.25) is 0 Å².